The van der Waals surface area contributed by atoms with Gasteiger partial charge in [-0.15, -0.1) is 0 Å². The SMILES string of the molecule is CNC(c1ccc(C)nc1)C1C2CC3CC(C2)CC1C3. The van der Waals surface area contributed by atoms with E-state index in [4.69, 9.17) is 0 Å². The quantitative estimate of drug-likeness (QED) is 0.905. The number of pyridine rings is 1. The number of aromatic nitrogens is 1. The summed E-state index contributed by atoms with van der Waals surface area (Å²) in [5, 5.41) is 3.63. The Labute approximate surface area is 122 Å². The topological polar surface area (TPSA) is 24.9 Å². The second-order valence-corrected chi connectivity index (χ2v) is 7.51. The van der Waals surface area contributed by atoms with Crippen LogP contribution in [0.1, 0.15) is 49.4 Å². The van der Waals surface area contributed by atoms with Crippen LogP contribution in [0, 0.1) is 36.5 Å². The predicted octanol–water partition coefficient (Wildman–Crippen LogP) is 3.72. The first kappa shape index (κ1) is 12.8. The smallest absolute Gasteiger partial charge is 0.0372 e. The Hall–Kier alpha value is -0.890. The van der Waals surface area contributed by atoms with Crippen molar-refractivity contribution >= 4 is 0 Å². The van der Waals surface area contributed by atoms with Crippen LogP contribution < -0.4 is 5.32 Å². The molecule has 1 aromatic heterocycles. The second kappa shape index (κ2) is 4.84. The fraction of sp³-hybridized carbons (Fsp3) is 0.722. The van der Waals surface area contributed by atoms with Crippen LogP contribution in [0.4, 0.5) is 0 Å². The zero-order chi connectivity index (χ0) is 13.7. The average Bonchev–Trinajstić information content (AvgIpc) is 2.43. The lowest BCUT2D eigenvalue weighted by atomic mass is 9.50. The summed E-state index contributed by atoms with van der Waals surface area (Å²) in [5.41, 5.74) is 2.52. The minimum atomic E-state index is 0.512. The van der Waals surface area contributed by atoms with Crippen molar-refractivity contribution in [2.45, 2.75) is 45.1 Å². The molecule has 0 radical (unpaired) electrons. The van der Waals surface area contributed by atoms with Crippen molar-refractivity contribution in [1.29, 1.82) is 0 Å². The Bertz CT molecular complexity index is 451. The first-order chi connectivity index (χ1) is 9.74. The number of aryl methyl sites for hydroxylation is 1. The molecule has 0 aliphatic heterocycles. The molecule has 4 fully saturated rings. The van der Waals surface area contributed by atoms with Crippen LogP contribution in [0.5, 0.6) is 0 Å². The molecule has 4 bridgehead atoms. The van der Waals surface area contributed by atoms with Crippen molar-refractivity contribution in [2.75, 3.05) is 7.05 Å². The molecule has 1 unspecified atom stereocenters. The highest BCUT2D eigenvalue weighted by atomic mass is 14.9. The summed E-state index contributed by atoms with van der Waals surface area (Å²) in [5.74, 6) is 4.89. The molecule has 4 aliphatic rings. The van der Waals surface area contributed by atoms with E-state index in [1.807, 2.05) is 0 Å². The van der Waals surface area contributed by atoms with Gasteiger partial charge in [0, 0.05) is 17.9 Å². The molecule has 108 valence electrons. The molecule has 1 atom stereocenters. The summed E-state index contributed by atoms with van der Waals surface area (Å²) in [6, 6.07) is 4.96. The van der Waals surface area contributed by atoms with Crippen LogP contribution in [-0.4, -0.2) is 12.0 Å². The van der Waals surface area contributed by atoms with Crippen molar-refractivity contribution in [3.05, 3.63) is 29.6 Å². The normalized spacial score (nSPS) is 40.0. The maximum absolute atomic E-state index is 4.52. The third-order valence-corrected chi connectivity index (χ3v) is 6.29. The Morgan fingerprint density at radius 1 is 1.05 bits per heavy atom. The molecule has 1 aromatic rings. The molecular formula is C18H26N2. The number of rotatable bonds is 3. The van der Waals surface area contributed by atoms with Gasteiger partial charge in [-0.3, -0.25) is 4.98 Å². The largest absolute Gasteiger partial charge is 0.313 e. The number of hydrogen-bond acceptors (Lipinski definition) is 2. The Morgan fingerprint density at radius 2 is 1.70 bits per heavy atom. The Morgan fingerprint density at radius 3 is 2.20 bits per heavy atom. The molecule has 4 saturated carbocycles. The maximum atomic E-state index is 4.52. The van der Waals surface area contributed by atoms with Crippen molar-refractivity contribution in [2.24, 2.45) is 29.6 Å². The highest BCUT2D eigenvalue weighted by Crippen LogP contribution is 2.59. The molecule has 2 heteroatoms. The molecule has 0 amide bonds. The molecule has 1 N–H and O–H groups in total. The fourth-order valence-corrected chi connectivity index (χ4v) is 5.76. The molecule has 0 spiro atoms. The minimum absolute atomic E-state index is 0.512. The summed E-state index contributed by atoms with van der Waals surface area (Å²) < 4.78 is 0. The van der Waals surface area contributed by atoms with Gasteiger partial charge in [-0.25, -0.2) is 0 Å². The fourth-order valence-electron chi connectivity index (χ4n) is 5.76. The lowest BCUT2D eigenvalue weighted by molar-refractivity contribution is -0.0515. The van der Waals surface area contributed by atoms with Gasteiger partial charge in [0.25, 0.3) is 0 Å². The number of nitrogens with one attached hydrogen (secondary N) is 1. The van der Waals surface area contributed by atoms with Gasteiger partial charge in [-0.1, -0.05) is 6.07 Å². The third-order valence-electron chi connectivity index (χ3n) is 6.29. The van der Waals surface area contributed by atoms with Crippen LogP contribution in [0.25, 0.3) is 0 Å². The summed E-state index contributed by atoms with van der Waals surface area (Å²) in [6.07, 6.45) is 9.62. The maximum Gasteiger partial charge on any atom is 0.0372 e. The van der Waals surface area contributed by atoms with E-state index in [9.17, 15) is 0 Å². The lowest BCUT2D eigenvalue weighted by Crippen LogP contribution is -2.49. The zero-order valence-corrected chi connectivity index (χ0v) is 12.7. The lowest BCUT2D eigenvalue weighted by Gasteiger charge is -2.56. The van der Waals surface area contributed by atoms with Gasteiger partial charge < -0.3 is 5.32 Å². The van der Waals surface area contributed by atoms with Crippen LogP contribution >= 0.6 is 0 Å². The number of nitrogens with zero attached hydrogens (tertiary/aromatic N) is 1. The van der Waals surface area contributed by atoms with E-state index in [1.54, 1.807) is 0 Å². The molecule has 20 heavy (non-hydrogen) atoms. The molecule has 5 rings (SSSR count). The second-order valence-electron chi connectivity index (χ2n) is 7.51. The zero-order valence-electron chi connectivity index (χ0n) is 12.7. The van der Waals surface area contributed by atoms with Crippen molar-refractivity contribution < 1.29 is 0 Å². The molecule has 1 heterocycles. The Balaban J connectivity index is 1.63. The van der Waals surface area contributed by atoms with E-state index >= 15 is 0 Å². The molecular weight excluding hydrogens is 244 g/mol. The van der Waals surface area contributed by atoms with Gasteiger partial charge in [-0.05, 0) is 87.3 Å². The van der Waals surface area contributed by atoms with Gasteiger partial charge in [0.15, 0.2) is 0 Å². The molecule has 2 nitrogen and oxygen atoms in total. The van der Waals surface area contributed by atoms with Crippen molar-refractivity contribution in [3.63, 3.8) is 0 Å². The van der Waals surface area contributed by atoms with E-state index in [2.05, 4.69) is 42.6 Å². The highest BCUT2D eigenvalue weighted by Gasteiger charge is 2.50. The van der Waals surface area contributed by atoms with E-state index in [0.29, 0.717) is 6.04 Å². The highest BCUT2D eigenvalue weighted by molar-refractivity contribution is 5.20. The van der Waals surface area contributed by atoms with Crippen LogP contribution in [0.15, 0.2) is 18.3 Å². The summed E-state index contributed by atoms with van der Waals surface area (Å²) in [4.78, 5) is 4.52. The molecule has 4 aliphatic carbocycles. The van der Waals surface area contributed by atoms with Gasteiger partial charge in [0.2, 0.25) is 0 Å². The monoisotopic (exact) mass is 270 g/mol. The van der Waals surface area contributed by atoms with Gasteiger partial charge in [0.1, 0.15) is 0 Å². The summed E-state index contributed by atoms with van der Waals surface area (Å²) in [7, 11) is 2.13. The predicted molar refractivity (Wildman–Crippen MR) is 81.3 cm³/mol. The standard InChI is InChI=1S/C18H26N2/c1-11-3-4-14(10-20-11)18(19-2)17-15-6-12-5-13(8-15)9-16(17)7-12/h3-4,10,12-13,15-19H,5-9H2,1-2H3. The van der Waals surface area contributed by atoms with E-state index in [1.165, 1.54) is 37.7 Å². The van der Waals surface area contributed by atoms with E-state index < -0.39 is 0 Å². The minimum Gasteiger partial charge on any atom is -0.313 e. The first-order valence-electron chi connectivity index (χ1n) is 8.34. The summed E-state index contributed by atoms with van der Waals surface area (Å²) >= 11 is 0. The van der Waals surface area contributed by atoms with Gasteiger partial charge >= 0.3 is 0 Å². The number of hydrogen-bond donors (Lipinski definition) is 1. The van der Waals surface area contributed by atoms with Crippen molar-refractivity contribution in [1.82, 2.24) is 10.3 Å². The van der Waals surface area contributed by atoms with Gasteiger partial charge in [0.05, 0.1) is 0 Å². The van der Waals surface area contributed by atoms with Crippen LogP contribution in [-0.2, 0) is 0 Å². The summed E-state index contributed by atoms with van der Waals surface area (Å²) in [6.45, 7) is 2.07. The van der Waals surface area contributed by atoms with E-state index in [0.717, 1.165) is 35.3 Å². The van der Waals surface area contributed by atoms with E-state index in [-0.39, 0.29) is 0 Å². The average molecular weight is 270 g/mol. The molecule has 0 saturated heterocycles. The van der Waals surface area contributed by atoms with Crippen LogP contribution in [0.2, 0.25) is 0 Å². The molecule has 0 aromatic carbocycles. The Kier molecular flexibility index (Phi) is 3.10. The van der Waals surface area contributed by atoms with Crippen molar-refractivity contribution in [3.8, 4) is 0 Å². The third kappa shape index (κ3) is 2.00. The van der Waals surface area contributed by atoms with Crippen LogP contribution in [0.3, 0.4) is 0 Å². The van der Waals surface area contributed by atoms with Gasteiger partial charge in [-0.2, -0.15) is 0 Å². The first-order valence-corrected chi connectivity index (χ1v) is 8.34.